The quantitative estimate of drug-likeness (QED) is 0.366. The molecule has 0 spiro atoms. The number of halogens is 2. The highest BCUT2D eigenvalue weighted by atomic mass is 79.9. The zero-order valence-electron chi connectivity index (χ0n) is 17.5. The third-order valence-electron chi connectivity index (χ3n) is 5.16. The molecule has 1 N–H and O–H groups in total. The number of fused-ring (bicyclic) bond motifs is 1. The van der Waals surface area contributed by atoms with E-state index in [1.165, 1.54) is 23.9 Å². The molecular formula is C22H23BrFN3O4S. The topological polar surface area (TPSA) is 76.3 Å². The van der Waals surface area contributed by atoms with Crippen molar-refractivity contribution in [3.05, 3.63) is 57.7 Å². The van der Waals surface area contributed by atoms with Gasteiger partial charge in [-0.25, -0.2) is 14.2 Å². The van der Waals surface area contributed by atoms with Crippen molar-refractivity contribution in [1.82, 2.24) is 14.3 Å². The Balaban J connectivity index is 1.71. The fourth-order valence-corrected chi connectivity index (χ4v) is 4.89. The number of hydrogen-bond acceptors (Lipinski definition) is 7. The van der Waals surface area contributed by atoms with Crippen molar-refractivity contribution in [1.29, 1.82) is 0 Å². The number of ether oxygens (including phenoxy) is 2. The van der Waals surface area contributed by atoms with Crippen LogP contribution in [0.1, 0.15) is 28.7 Å². The second kappa shape index (κ2) is 10.2. The van der Waals surface area contributed by atoms with E-state index < -0.39 is 5.97 Å². The molecule has 0 saturated carbocycles. The first kappa shape index (κ1) is 23.0. The van der Waals surface area contributed by atoms with Crippen LogP contribution in [-0.2, 0) is 21.8 Å². The second-order valence-electron chi connectivity index (χ2n) is 7.26. The maximum Gasteiger partial charge on any atom is 0.357 e. The molecule has 1 saturated heterocycles. The van der Waals surface area contributed by atoms with Crippen LogP contribution >= 0.6 is 27.7 Å². The van der Waals surface area contributed by atoms with Crippen LogP contribution in [0.3, 0.4) is 0 Å². The van der Waals surface area contributed by atoms with Gasteiger partial charge in [0, 0.05) is 46.5 Å². The summed E-state index contributed by atoms with van der Waals surface area (Å²) in [4.78, 5) is 20.4. The highest BCUT2D eigenvalue weighted by molar-refractivity contribution is 9.10. The van der Waals surface area contributed by atoms with Crippen LogP contribution in [-0.4, -0.2) is 58.3 Å². The van der Waals surface area contributed by atoms with Gasteiger partial charge in [-0.3, -0.25) is 9.30 Å². The molecule has 0 atom stereocenters. The summed E-state index contributed by atoms with van der Waals surface area (Å²) in [6, 6.07) is 6.13. The van der Waals surface area contributed by atoms with Gasteiger partial charge < -0.3 is 14.6 Å². The molecule has 0 bridgehead atoms. The van der Waals surface area contributed by atoms with Crippen LogP contribution in [0.2, 0.25) is 0 Å². The fourth-order valence-electron chi connectivity index (χ4n) is 3.54. The van der Waals surface area contributed by atoms with Crippen LogP contribution < -0.4 is 0 Å². The maximum atomic E-state index is 13.2. The molecular weight excluding hydrogens is 501 g/mol. The number of carbonyl (C=O) groups is 1. The molecule has 3 heterocycles. The van der Waals surface area contributed by atoms with Gasteiger partial charge in [0.2, 0.25) is 0 Å². The predicted molar refractivity (Wildman–Crippen MR) is 123 cm³/mol. The number of benzene rings is 1. The van der Waals surface area contributed by atoms with Crippen molar-refractivity contribution in [2.45, 2.75) is 24.1 Å². The number of morpholine rings is 1. The molecule has 170 valence electrons. The maximum absolute atomic E-state index is 13.2. The number of imidazole rings is 1. The number of rotatable bonds is 7. The first-order valence-electron chi connectivity index (χ1n) is 10.2. The van der Waals surface area contributed by atoms with Gasteiger partial charge >= 0.3 is 5.97 Å². The van der Waals surface area contributed by atoms with Gasteiger partial charge in [-0.1, -0.05) is 0 Å². The van der Waals surface area contributed by atoms with Crippen molar-refractivity contribution < 1.29 is 23.8 Å². The van der Waals surface area contributed by atoms with Crippen LogP contribution in [0.25, 0.3) is 5.65 Å². The summed E-state index contributed by atoms with van der Waals surface area (Å²) >= 11 is 4.97. The van der Waals surface area contributed by atoms with E-state index in [2.05, 4.69) is 25.8 Å². The SMILES string of the molecule is CCOC(=O)c1c(CSc2ccc(F)cc2)nc2c(O)c(CN3CCOCC3)c(Br)cn12. The Hall–Kier alpha value is -2.14. The van der Waals surface area contributed by atoms with Crippen molar-refractivity contribution in [3.63, 3.8) is 0 Å². The zero-order valence-corrected chi connectivity index (χ0v) is 19.9. The fraction of sp³-hybridized carbons (Fsp3) is 0.364. The Kier molecular flexibility index (Phi) is 7.34. The van der Waals surface area contributed by atoms with E-state index in [4.69, 9.17) is 9.47 Å². The minimum atomic E-state index is -0.512. The lowest BCUT2D eigenvalue weighted by Crippen LogP contribution is -2.35. The number of aromatic hydroxyl groups is 1. The Morgan fingerprint density at radius 1 is 1.31 bits per heavy atom. The Morgan fingerprint density at radius 2 is 2.03 bits per heavy atom. The normalized spacial score (nSPS) is 14.7. The van der Waals surface area contributed by atoms with Crippen LogP contribution in [0, 0.1) is 5.82 Å². The molecule has 32 heavy (non-hydrogen) atoms. The highest BCUT2D eigenvalue weighted by Gasteiger charge is 2.25. The number of thioether (sulfide) groups is 1. The molecule has 10 heteroatoms. The van der Waals surface area contributed by atoms with Crippen LogP contribution in [0.15, 0.2) is 39.8 Å². The minimum Gasteiger partial charge on any atom is -0.504 e. The van der Waals surface area contributed by atoms with Gasteiger partial charge in [-0.15, -0.1) is 11.8 Å². The molecule has 1 aliphatic rings. The van der Waals surface area contributed by atoms with E-state index in [0.717, 1.165) is 18.0 Å². The van der Waals surface area contributed by atoms with Gasteiger partial charge in [-0.05, 0) is 47.1 Å². The van der Waals surface area contributed by atoms with Crippen molar-refractivity contribution in [3.8, 4) is 5.75 Å². The van der Waals surface area contributed by atoms with E-state index in [0.29, 0.717) is 46.9 Å². The third-order valence-corrected chi connectivity index (χ3v) is 6.86. The van der Waals surface area contributed by atoms with Gasteiger partial charge in [0.15, 0.2) is 17.1 Å². The lowest BCUT2D eigenvalue weighted by Gasteiger charge is -2.27. The third kappa shape index (κ3) is 4.93. The van der Waals surface area contributed by atoms with Gasteiger partial charge in [-0.2, -0.15) is 0 Å². The second-order valence-corrected chi connectivity index (χ2v) is 9.16. The molecule has 1 fully saturated rings. The van der Waals surface area contributed by atoms with Gasteiger partial charge in [0.25, 0.3) is 0 Å². The molecule has 0 aliphatic carbocycles. The summed E-state index contributed by atoms with van der Waals surface area (Å²) in [5, 5.41) is 11.1. The van der Waals surface area contributed by atoms with E-state index in [1.54, 1.807) is 29.7 Å². The summed E-state index contributed by atoms with van der Waals surface area (Å²) in [6.07, 6.45) is 1.75. The minimum absolute atomic E-state index is 0.0226. The van der Waals surface area contributed by atoms with Gasteiger partial charge in [0.05, 0.1) is 25.5 Å². The summed E-state index contributed by atoms with van der Waals surface area (Å²) in [5.74, 6) is -0.439. The average molecular weight is 524 g/mol. The predicted octanol–water partition coefficient (Wildman–Crippen LogP) is 4.24. The number of aromatic nitrogens is 2. The molecule has 3 aromatic rings. The number of esters is 1. The number of pyridine rings is 1. The molecule has 2 aromatic heterocycles. The molecule has 1 aromatic carbocycles. The highest BCUT2D eigenvalue weighted by Crippen LogP contribution is 2.34. The first-order chi connectivity index (χ1) is 15.5. The number of carbonyl (C=O) groups excluding carboxylic acids is 1. The Morgan fingerprint density at radius 3 is 2.72 bits per heavy atom. The zero-order chi connectivity index (χ0) is 22.7. The monoisotopic (exact) mass is 523 g/mol. The molecule has 0 unspecified atom stereocenters. The summed E-state index contributed by atoms with van der Waals surface area (Å²) in [6.45, 7) is 5.36. The van der Waals surface area contributed by atoms with E-state index >= 15 is 0 Å². The standard InChI is InChI=1S/C22H23BrFN3O4S/c1-2-31-22(29)19-18(13-32-15-5-3-14(24)4-6-15)25-21-20(28)16(17(23)12-27(19)21)11-26-7-9-30-10-8-26/h3-6,12,28H,2,7-11,13H2,1H3. The average Bonchev–Trinajstić information content (AvgIpc) is 3.15. The van der Waals surface area contributed by atoms with E-state index in [9.17, 15) is 14.3 Å². The largest absolute Gasteiger partial charge is 0.504 e. The van der Waals surface area contributed by atoms with Gasteiger partial charge in [0.1, 0.15) is 5.82 Å². The van der Waals surface area contributed by atoms with Crippen LogP contribution in [0.4, 0.5) is 4.39 Å². The summed E-state index contributed by atoms with van der Waals surface area (Å²) < 4.78 is 26.1. The smallest absolute Gasteiger partial charge is 0.357 e. The summed E-state index contributed by atoms with van der Waals surface area (Å²) in [7, 11) is 0. The van der Waals surface area contributed by atoms with Crippen LogP contribution in [0.5, 0.6) is 5.75 Å². The van der Waals surface area contributed by atoms with Crippen molar-refractivity contribution in [2.75, 3.05) is 32.9 Å². The van der Waals surface area contributed by atoms with E-state index in [-0.39, 0.29) is 23.9 Å². The number of nitrogens with zero attached hydrogens (tertiary/aromatic N) is 3. The van der Waals surface area contributed by atoms with E-state index in [1.807, 2.05) is 0 Å². The molecule has 1 aliphatic heterocycles. The molecule has 4 rings (SSSR count). The Bertz CT molecular complexity index is 1120. The summed E-state index contributed by atoms with van der Waals surface area (Å²) in [5.41, 5.74) is 1.76. The molecule has 0 amide bonds. The van der Waals surface area contributed by atoms with Crippen molar-refractivity contribution >= 4 is 39.3 Å². The first-order valence-corrected chi connectivity index (χ1v) is 12.0. The lowest BCUT2D eigenvalue weighted by atomic mass is 10.2. The van der Waals surface area contributed by atoms with Crippen molar-refractivity contribution in [2.24, 2.45) is 0 Å². The molecule has 0 radical (unpaired) electrons. The lowest BCUT2D eigenvalue weighted by molar-refractivity contribution is 0.0338. The Labute approximate surface area is 197 Å². The molecule has 7 nitrogen and oxygen atoms in total. The number of hydrogen-bond donors (Lipinski definition) is 1.